The van der Waals surface area contributed by atoms with Crippen molar-refractivity contribution in [1.29, 1.82) is 0 Å². The van der Waals surface area contributed by atoms with Gasteiger partial charge in [-0.15, -0.1) is 0 Å². The summed E-state index contributed by atoms with van der Waals surface area (Å²) in [5.41, 5.74) is 5.54. The largest absolute Gasteiger partial charge is 0.633 e. The first-order valence-electron chi connectivity index (χ1n) is 8.46. The second-order valence-electron chi connectivity index (χ2n) is 6.91. The monoisotopic (exact) mass is 323 g/mol. The minimum Gasteiger partial charge on any atom is -0.633 e. The number of likely N-dealkylation sites (tertiary alicyclic amines) is 1. The molecular formula is C19H21N3O2. The Hall–Kier alpha value is -2.24. The Bertz CT molecular complexity index is 821. The van der Waals surface area contributed by atoms with Crippen LogP contribution in [0.3, 0.4) is 0 Å². The maximum Gasteiger partial charge on any atom is 0.168 e. The number of aldehydes is 1. The lowest BCUT2D eigenvalue weighted by Gasteiger charge is -2.42. The highest BCUT2D eigenvalue weighted by Crippen LogP contribution is 2.36. The highest BCUT2D eigenvalue weighted by Gasteiger charge is 2.28. The molecule has 0 amide bonds. The minimum absolute atomic E-state index is 0.174. The van der Waals surface area contributed by atoms with E-state index in [1.54, 1.807) is 13.2 Å². The summed E-state index contributed by atoms with van der Waals surface area (Å²) in [6.07, 6.45) is 4.99. The number of imidazole rings is 1. The van der Waals surface area contributed by atoms with E-state index in [0.717, 1.165) is 43.5 Å². The fourth-order valence-electron chi connectivity index (χ4n) is 3.83. The molecule has 5 heteroatoms. The molecule has 3 heterocycles. The van der Waals surface area contributed by atoms with Crippen molar-refractivity contribution in [3.8, 4) is 0 Å². The van der Waals surface area contributed by atoms with Crippen molar-refractivity contribution in [1.82, 2.24) is 9.55 Å². The number of rotatable bonds is 1. The molecule has 5 nitrogen and oxygen atoms in total. The van der Waals surface area contributed by atoms with E-state index in [1.807, 2.05) is 4.57 Å². The number of aromatic nitrogens is 2. The topological polar surface area (TPSA) is 58.0 Å². The zero-order valence-electron chi connectivity index (χ0n) is 13.9. The fourth-order valence-corrected chi connectivity index (χ4v) is 3.83. The maximum atomic E-state index is 12.2. The SMILES string of the molecule is C[N+]1([O-])CCC(=C2c3ccccc3CCn3c(C=O)cnc32)CC1. The molecule has 2 aliphatic rings. The Balaban J connectivity index is 1.91. The first-order chi connectivity index (χ1) is 11.6. The lowest BCUT2D eigenvalue weighted by atomic mass is 9.90. The zero-order valence-corrected chi connectivity index (χ0v) is 13.9. The number of hydrogen-bond donors (Lipinski definition) is 0. The molecule has 0 aliphatic carbocycles. The number of carbonyl (C=O) groups is 1. The number of hydrogen-bond acceptors (Lipinski definition) is 3. The molecule has 0 unspecified atom stereocenters. The first kappa shape index (κ1) is 15.3. The van der Waals surface area contributed by atoms with Crippen molar-refractivity contribution in [2.45, 2.75) is 25.8 Å². The summed E-state index contributed by atoms with van der Waals surface area (Å²) >= 11 is 0. The van der Waals surface area contributed by atoms with Crippen molar-refractivity contribution in [2.75, 3.05) is 20.1 Å². The number of fused-ring (bicyclic) bond motifs is 2. The van der Waals surface area contributed by atoms with Crippen molar-refractivity contribution in [3.05, 3.63) is 63.9 Å². The van der Waals surface area contributed by atoms with Gasteiger partial charge in [-0.25, -0.2) is 4.98 Å². The molecule has 24 heavy (non-hydrogen) atoms. The van der Waals surface area contributed by atoms with Gasteiger partial charge in [0.1, 0.15) is 11.5 Å². The predicted molar refractivity (Wildman–Crippen MR) is 92.3 cm³/mol. The molecule has 0 spiro atoms. The Morgan fingerprint density at radius 1 is 1.21 bits per heavy atom. The third kappa shape index (κ3) is 2.50. The fraction of sp³-hybridized carbons (Fsp3) is 0.368. The summed E-state index contributed by atoms with van der Waals surface area (Å²) in [5, 5.41) is 12.2. The number of nitrogens with zero attached hydrogens (tertiary/aromatic N) is 3. The molecule has 0 radical (unpaired) electrons. The predicted octanol–water partition coefficient (Wildman–Crippen LogP) is 2.79. The van der Waals surface area contributed by atoms with E-state index < -0.39 is 0 Å². The van der Waals surface area contributed by atoms with Gasteiger partial charge in [-0.3, -0.25) is 4.79 Å². The van der Waals surface area contributed by atoms with Gasteiger partial charge in [-0.05, 0) is 23.1 Å². The molecule has 124 valence electrons. The van der Waals surface area contributed by atoms with Crippen molar-refractivity contribution in [2.24, 2.45) is 0 Å². The number of aryl methyl sites for hydroxylation is 1. The van der Waals surface area contributed by atoms with Gasteiger partial charge in [0.25, 0.3) is 0 Å². The van der Waals surface area contributed by atoms with Gasteiger partial charge in [-0.2, -0.15) is 0 Å². The molecule has 2 aliphatic heterocycles. The van der Waals surface area contributed by atoms with E-state index in [1.165, 1.54) is 16.7 Å². The van der Waals surface area contributed by atoms with Gasteiger partial charge in [0.05, 0.1) is 26.3 Å². The smallest absolute Gasteiger partial charge is 0.168 e. The van der Waals surface area contributed by atoms with Gasteiger partial charge in [0.15, 0.2) is 6.29 Å². The molecular weight excluding hydrogens is 302 g/mol. The highest BCUT2D eigenvalue weighted by molar-refractivity contribution is 5.83. The number of quaternary nitrogens is 1. The molecule has 4 rings (SSSR count). The number of piperidine rings is 1. The molecule has 1 aromatic carbocycles. The normalized spacial score (nSPS) is 23.4. The standard InChI is InChI=1S/C19H21N3O2/c1-22(24)10-7-15(8-11-22)18-17-5-3-2-4-14(17)6-9-21-16(13-23)12-20-19(18)21/h2-5,12-13H,6-11H2,1H3. The van der Waals surface area contributed by atoms with E-state index in [4.69, 9.17) is 0 Å². The molecule has 0 N–H and O–H groups in total. The Morgan fingerprint density at radius 3 is 2.71 bits per heavy atom. The second kappa shape index (κ2) is 5.69. The minimum atomic E-state index is -0.174. The van der Waals surface area contributed by atoms with Crippen molar-refractivity contribution < 1.29 is 9.44 Å². The maximum absolute atomic E-state index is 12.2. The molecule has 0 saturated carbocycles. The summed E-state index contributed by atoms with van der Waals surface area (Å²) in [4.78, 5) is 15.9. The van der Waals surface area contributed by atoms with Crippen molar-refractivity contribution in [3.63, 3.8) is 0 Å². The first-order valence-corrected chi connectivity index (χ1v) is 8.46. The van der Waals surface area contributed by atoms with Crippen LogP contribution in [0.4, 0.5) is 0 Å². The van der Waals surface area contributed by atoms with Crippen LogP contribution in [0.1, 0.15) is 40.3 Å². The van der Waals surface area contributed by atoms with Crippen LogP contribution in [-0.2, 0) is 13.0 Å². The van der Waals surface area contributed by atoms with Crippen LogP contribution in [0.2, 0.25) is 0 Å². The van der Waals surface area contributed by atoms with E-state index in [2.05, 4.69) is 29.2 Å². The van der Waals surface area contributed by atoms with Gasteiger partial charge in [-0.1, -0.05) is 24.3 Å². The molecule has 1 saturated heterocycles. The second-order valence-corrected chi connectivity index (χ2v) is 6.91. The quantitative estimate of drug-likeness (QED) is 0.461. The van der Waals surface area contributed by atoms with Crippen LogP contribution in [0.15, 0.2) is 36.0 Å². The average Bonchev–Trinajstić information content (AvgIpc) is 2.91. The third-order valence-corrected chi connectivity index (χ3v) is 5.25. The molecule has 0 atom stereocenters. The van der Waals surface area contributed by atoms with Crippen LogP contribution in [0.5, 0.6) is 0 Å². The lowest BCUT2D eigenvalue weighted by Crippen LogP contribution is -2.42. The summed E-state index contributed by atoms with van der Waals surface area (Å²) in [6.45, 7) is 1.96. The van der Waals surface area contributed by atoms with E-state index in [9.17, 15) is 10.0 Å². The van der Waals surface area contributed by atoms with Crippen LogP contribution >= 0.6 is 0 Å². The zero-order chi connectivity index (χ0) is 16.7. The van der Waals surface area contributed by atoms with Crippen LogP contribution < -0.4 is 0 Å². The summed E-state index contributed by atoms with van der Waals surface area (Å²) in [6, 6.07) is 8.40. The molecule has 1 aromatic heterocycles. The van der Waals surface area contributed by atoms with Gasteiger partial charge in [0.2, 0.25) is 0 Å². The van der Waals surface area contributed by atoms with Crippen LogP contribution in [0.25, 0.3) is 5.57 Å². The number of benzene rings is 1. The Labute approximate surface area is 141 Å². The van der Waals surface area contributed by atoms with E-state index in [-0.39, 0.29) is 4.65 Å². The summed E-state index contributed by atoms with van der Waals surface area (Å²) in [5.74, 6) is 0.874. The highest BCUT2D eigenvalue weighted by atomic mass is 16.5. The number of carbonyl (C=O) groups excluding carboxylic acids is 1. The van der Waals surface area contributed by atoms with Gasteiger partial charge >= 0.3 is 0 Å². The molecule has 2 aromatic rings. The lowest BCUT2D eigenvalue weighted by molar-refractivity contribution is -0.863. The average molecular weight is 323 g/mol. The summed E-state index contributed by atoms with van der Waals surface area (Å²) < 4.78 is 1.85. The van der Waals surface area contributed by atoms with Gasteiger partial charge in [0, 0.05) is 25.0 Å². The third-order valence-electron chi connectivity index (χ3n) is 5.25. The van der Waals surface area contributed by atoms with Crippen LogP contribution in [-0.4, -0.2) is 40.6 Å². The Morgan fingerprint density at radius 2 is 1.96 bits per heavy atom. The summed E-state index contributed by atoms with van der Waals surface area (Å²) in [7, 11) is 1.74. The Kier molecular flexibility index (Phi) is 3.62. The van der Waals surface area contributed by atoms with Gasteiger partial charge < -0.3 is 14.4 Å². The van der Waals surface area contributed by atoms with E-state index >= 15 is 0 Å². The molecule has 1 fully saturated rings. The van der Waals surface area contributed by atoms with Crippen molar-refractivity contribution >= 4 is 11.9 Å². The number of hydroxylamine groups is 3. The molecule has 0 bridgehead atoms. The van der Waals surface area contributed by atoms with E-state index in [0.29, 0.717) is 18.8 Å². The van der Waals surface area contributed by atoms with Crippen LogP contribution in [0, 0.1) is 5.21 Å².